The van der Waals surface area contributed by atoms with Crippen LogP contribution in [0.2, 0.25) is 0 Å². The van der Waals surface area contributed by atoms with E-state index in [4.69, 9.17) is 9.47 Å². The highest BCUT2D eigenvalue weighted by Gasteiger charge is 2.50. The molecule has 3 rings (SSSR count). The summed E-state index contributed by atoms with van der Waals surface area (Å²) in [6.07, 6.45) is 17.2. The van der Waals surface area contributed by atoms with Gasteiger partial charge in [0.1, 0.15) is 6.29 Å². The Morgan fingerprint density at radius 3 is 2.06 bits per heavy atom. The fraction of sp³-hybridized carbons (Fsp3) is 0.969. The number of ether oxygens (including phenoxy) is 2. The van der Waals surface area contributed by atoms with Gasteiger partial charge in [0, 0.05) is 19.6 Å². The Morgan fingerprint density at radius 2 is 1.49 bits per heavy atom. The molecule has 0 aromatic heterocycles. The van der Waals surface area contributed by atoms with Crippen molar-refractivity contribution in [2.24, 2.45) is 40.4 Å². The second-order valence-electron chi connectivity index (χ2n) is 12.7. The zero-order valence-corrected chi connectivity index (χ0v) is 25.2. The number of aldehydes is 1. The number of carbonyl (C=O) groups excluding carboxylic acids is 1. The summed E-state index contributed by atoms with van der Waals surface area (Å²) in [6.45, 7) is 22.3. The second kappa shape index (κ2) is 16.4. The van der Waals surface area contributed by atoms with Gasteiger partial charge < -0.3 is 14.3 Å². The summed E-state index contributed by atoms with van der Waals surface area (Å²) in [7, 11) is 0. The van der Waals surface area contributed by atoms with Crippen molar-refractivity contribution in [2.45, 2.75) is 146 Å². The summed E-state index contributed by atoms with van der Waals surface area (Å²) in [4.78, 5) is 9.68. The monoisotopic (exact) mass is 494 g/mol. The van der Waals surface area contributed by atoms with Crippen molar-refractivity contribution in [3.8, 4) is 0 Å². The number of fused-ring (bicyclic) bond motifs is 3. The molecule has 0 radical (unpaired) electrons. The molecule has 208 valence electrons. The van der Waals surface area contributed by atoms with Gasteiger partial charge in [0.05, 0.1) is 0 Å². The van der Waals surface area contributed by atoms with Gasteiger partial charge in [-0.1, -0.05) is 73.6 Å². The molecule has 0 spiro atoms. The Balaban J connectivity index is 0.000000340. The highest BCUT2D eigenvalue weighted by atomic mass is 16.7. The van der Waals surface area contributed by atoms with Crippen LogP contribution < -0.4 is 0 Å². The molecule has 0 aromatic carbocycles. The van der Waals surface area contributed by atoms with Crippen molar-refractivity contribution in [3.63, 3.8) is 0 Å². The second-order valence-corrected chi connectivity index (χ2v) is 12.7. The molecule has 0 N–H and O–H groups in total. The lowest BCUT2D eigenvalue weighted by Crippen LogP contribution is -2.48. The van der Waals surface area contributed by atoms with Crippen LogP contribution >= 0.6 is 0 Å². The van der Waals surface area contributed by atoms with Crippen LogP contribution in [0.1, 0.15) is 139 Å². The largest absolute Gasteiger partial charge is 0.353 e. The molecular formula is C32H62O3. The van der Waals surface area contributed by atoms with E-state index >= 15 is 0 Å². The molecule has 0 aromatic rings. The third kappa shape index (κ3) is 10.1. The number of hydrogen-bond donors (Lipinski definition) is 0. The number of hydrogen-bond acceptors (Lipinski definition) is 3. The minimum absolute atomic E-state index is 0.0370. The van der Waals surface area contributed by atoms with Crippen molar-refractivity contribution in [3.05, 3.63) is 0 Å². The van der Waals surface area contributed by atoms with Crippen LogP contribution in [0.3, 0.4) is 0 Å². The van der Waals surface area contributed by atoms with E-state index in [1.54, 1.807) is 0 Å². The number of unbranched alkanes of at least 4 members (excludes halogenated alkanes) is 3. The van der Waals surface area contributed by atoms with Crippen LogP contribution in [0.15, 0.2) is 0 Å². The fourth-order valence-electron chi connectivity index (χ4n) is 7.67. The van der Waals surface area contributed by atoms with E-state index in [0.717, 1.165) is 61.9 Å². The average molecular weight is 495 g/mol. The minimum atomic E-state index is -0.0370. The van der Waals surface area contributed by atoms with E-state index in [2.05, 4.69) is 41.5 Å². The Morgan fingerprint density at radius 1 is 0.857 bits per heavy atom. The summed E-state index contributed by atoms with van der Waals surface area (Å²) in [5.74, 6) is 4.92. The van der Waals surface area contributed by atoms with Crippen LogP contribution in [0.5, 0.6) is 0 Å². The van der Waals surface area contributed by atoms with Gasteiger partial charge in [-0.05, 0) is 99.7 Å². The summed E-state index contributed by atoms with van der Waals surface area (Å²) in [5, 5.41) is 0. The average Bonchev–Trinajstić information content (AvgIpc) is 2.79. The molecule has 3 aliphatic rings. The van der Waals surface area contributed by atoms with E-state index in [-0.39, 0.29) is 6.29 Å². The summed E-state index contributed by atoms with van der Waals surface area (Å²) in [5.41, 5.74) is 1.26. The van der Waals surface area contributed by atoms with Crippen molar-refractivity contribution in [1.29, 1.82) is 0 Å². The molecule has 2 bridgehead atoms. The fourth-order valence-corrected chi connectivity index (χ4v) is 7.67. The topological polar surface area (TPSA) is 35.5 Å². The molecule has 0 unspecified atom stereocenters. The van der Waals surface area contributed by atoms with Crippen LogP contribution in [0.25, 0.3) is 0 Å². The Kier molecular flexibility index (Phi) is 15.3. The summed E-state index contributed by atoms with van der Waals surface area (Å²) < 4.78 is 10.1. The molecule has 0 heterocycles. The minimum Gasteiger partial charge on any atom is -0.353 e. The van der Waals surface area contributed by atoms with Crippen molar-refractivity contribution in [1.82, 2.24) is 0 Å². The predicted octanol–water partition coefficient (Wildman–Crippen LogP) is 9.47. The molecule has 3 saturated carbocycles. The molecule has 3 fully saturated rings. The Hall–Kier alpha value is -0.410. The first-order chi connectivity index (χ1) is 16.6. The molecule has 0 amide bonds. The first kappa shape index (κ1) is 32.6. The van der Waals surface area contributed by atoms with Crippen LogP contribution in [0.4, 0.5) is 0 Å². The van der Waals surface area contributed by atoms with Gasteiger partial charge in [0.25, 0.3) is 0 Å². The quantitative estimate of drug-likeness (QED) is 0.191. The number of carbonyl (C=O) groups is 1. The number of rotatable bonds is 8. The molecule has 0 saturated heterocycles. The van der Waals surface area contributed by atoms with Gasteiger partial charge in [-0.3, -0.25) is 0 Å². The zero-order valence-electron chi connectivity index (χ0n) is 25.2. The summed E-state index contributed by atoms with van der Waals surface area (Å²) >= 11 is 0. The maximum Gasteiger partial charge on any atom is 0.154 e. The normalized spacial score (nSPS) is 33.7. The lowest BCUT2D eigenvalue weighted by molar-refractivity contribution is -0.123. The SMILES string of the molecule is CCCCCC=O.CCOC(C)OCC.C[C@@H]1CCC[C@@]2(C)CC[C@H]3[C@H](C)CC[C@@H](C[C@H]12)C3(C)C. The third-order valence-electron chi connectivity index (χ3n) is 9.95. The van der Waals surface area contributed by atoms with E-state index in [1.807, 2.05) is 20.8 Å². The van der Waals surface area contributed by atoms with Crippen molar-refractivity contribution in [2.75, 3.05) is 13.2 Å². The Labute approximate surface area is 219 Å². The third-order valence-corrected chi connectivity index (χ3v) is 9.95. The van der Waals surface area contributed by atoms with Crippen LogP contribution in [0, 0.1) is 40.4 Å². The van der Waals surface area contributed by atoms with E-state index in [0.29, 0.717) is 10.8 Å². The molecular weight excluding hydrogens is 432 g/mol. The maximum atomic E-state index is 9.68. The lowest BCUT2D eigenvalue weighted by Gasteiger charge is -2.57. The molecule has 35 heavy (non-hydrogen) atoms. The Bertz CT molecular complexity index is 553. The predicted molar refractivity (Wildman–Crippen MR) is 151 cm³/mol. The van der Waals surface area contributed by atoms with Crippen molar-refractivity contribution < 1.29 is 14.3 Å². The van der Waals surface area contributed by atoms with Gasteiger partial charge in [-0.25, -0.2) is 0 Å². The van der Waals surface area contributed by atoms with Gasteiger partial charge in [0.2, 0.25) is 0 Å². The lowest BCUT2D eigenvalue weighted by atomic mass is 9.48. The molecule has 3 nitrogen and oxygen atoms in total. The van der Waals surface area contributed by atoms with Gasteiger partial charge in [-0.2, -0.15) is 0 Å². The first-order valence-electron chi connectivity index (χ1n) is 15.2. The van der Waals surface area contributed by atoms with E-state index in [1.165, 1.54) is 64.2 Å². The summed E-state index contributed by atoms with van der Waals surface area (Å²) in [6, 6.07) is 0. The van der Waals surface area contributed by atoms with Crippen molar-refractivity contribution >= 4 is 6.29 Å². The van der Waals surface area contributed by atoms with E-state index < -0.39 is 0 Å². The van der Waals surface area contributed by atoms with Gasteiger partial charge >= 0.3 is 0 Å². The van der Waals surface area contributed by atoms with Crippen LogP contribution in [-0.2, 0) is 14.3 Å². The molecule has 0 aliphatic heterocycles. The van der Waals surface area contributed by atoms with Gasteiger partial charge in [0.15, 0.2) is 6.29 Å². The smallest absolute Gasteiger partial charge is 0.154 e. The van der Waals surface area contributed by atoms with Crippen LogP contribution in [-0.4, -0.2) is 25.8 Å². The molecule has 6 atom stereocenters. The highest BCUT2D eigenvalue weighted by molar-refractivity contribution is 5.48. The highest BCUT2D eigenvalue weighted by Crippen LogP contribution is 2.60. The standard InChI is InChI=1S/C20H36.C6H14O2.C6H12O/c1-14-7-6-11-20(5)12-10-17-15(2)8-9-16(13-18(14)20)19(17,3)4;1-4-7-6(3)8-5-2;1-2-3-4-5-6-7/h14-18H,6-13H2,1-5H3;6H,4-5H2,1-3H3;6H,2-5H2,1H3/t14-,15-,16+,17+,18-,20+;;/m1../s1. The van der Waals surface area contributed by atoms with E-state index in [9.17, 15) is 4.79 Å². The first-order valence-corrected chi connectivity index (χ1v) is 15.2. The zero-order chi connectivity index (χ0) is 26.5. The molecule has 3 aliphatic carbocycles. The maximum absolute atomic E-state index is 9.68. The molecule has 3 heteroatoms. The van der Waals surface area contributed by atoms with Gasteiger partial charge in [-0.15, -0.1) is 0 Å².